The Bertz CT molecular complexity index is 388. The Morgan fingerprint density at radius 3 is 2.67 bits per heavy atom. The second-order valence-electron chi connectivity index (χ2n) is 4.92. The van der Waals surface area contributed by atoms with Crippen molar-refractivity contribution in [2.24, 2.45) is 0 Å². The molecule has 0 aliphatic rings. The predicted molar refractivity (Wildman–Crippen MR) is 86.1 cm³/mol. The first-order valence-electron chi connectivity index (χ1n) is 7.49. The van der Waals surface area contributed by atoms with Crippen LogP contribution in [0.4, 0.5) is 0 Å². The van der Waals surface area contributed by atoms with E-state index < -0.39 is 0 Å². The highest BCUT2D eigenvalue weighted by Crippen LogP contribution is 2.25. The molecule has 0 heterocycles. The van der Waals surface area contributed by atoms with Crippen LogP contribution in [0.25, 0.3) is 0 Å². The summed E-state index contributed by atoms with van der Waals surface area (Å²) in [5.41, 5.74) is 1.13. The number of halogens is 1. The van der Waals surface area contributed by atoms with Crippen LogP contribution in [0.15, 0.2) is 18.2 Å². The van der Waals surface area contributed by atoms with Crippen molar-refractivity contribution in [2.75, 3.05) is 33.5 Å². The van der Waals surface area contributed by atoms with Crippen molar-refractivity contribution in [2.45, 2.75) is 32.2 Å². The number of benzene rings is 1. The van der Waals surface area contributed by atoms with Gasteiger partial charge in [0.2, 0.25) is 0 Å². The van der Waals surface area contributed by atoms with Crippen LogP contribution in [0.3, 0.4) is 0 Å². The number of aliphatic hydroxyl groups excluding tert-OH is 1. The maximum Gasteiger partial charge on any atom is 0.137 e. The zero-order chi connectivity index (χ0) is 15.3. The van der Waals surface area contributed by atoms with Crippen LogP contribution in [-0.2, 0) is 11.3 Å². The fourth-order valence-corrected chi connectivity index (χ4v) is 2.19. The second-order valence-corrected chi connectivity index (χ2v) is 5.33. The number of hydrogen-bond donors (Lipinski definition) is 2. The average Bonchev–Trinajstić information content (AvgIpc) is 2.49. The molecule has 0 atom stereocenters. The number of hydrogen-bond acceptors (Lipinski definition) is 4. The van der Waals surface area contributed by atoms with Crippen molar-refractivity contribution >= 4 is 11.6 Å². The lowest BCUT2D eigenvalue weighted by atomic mass is 10.2. The lowest BCUT2D eigenvalue weighted by Gasteiger charge is -2.10. The number of unbranched alkanes of at least 4 members (excludes halogenated alkanes) is 3. The Morgan fingerprint density at radius 2 is 1.95 bits per heavy atom. The molecule has 0 aliphatic carbocycles. The first-order valence-corrected chi connectivity index (χ1v) is 7.87. The Morgan fingerprint density at radius 1 is 1.14 bits per heavy atom. The van der Waals surface area contributed by atoms with Crippen LogP contribution < -0.4 is 10.1 Å². The predicted octanol–water partition coefficient (Wildman–Crippen LogP) is 3.01. The molecule has 0 amide bonds. The SMILES string of the molecule is COCCNCc1ccc(OCCCCCCO)c(Cl)c1. The molecule has 1 aromatic rings. The van der Waals surface area contributed by atoms with Gasteiger partial charge in [-0.15, -0.1) is 0 Å². The first-order chi connectivity index (χ1) is 10.3. The van der Waals surface area contributed by atoms with E-state index in [1.165, 1.54) is 0 Å². The molecule has 1 rings (SSSR count). The molecular formula is C16H26ClNO3. The topological polar surface area (TPSA) is 50.7 Å². The summed E-state index contributed by atoms with van der Waals surface area (Å²) in [5.74, 6) is 0.736. The van der Waals surface area contributed by atoms with Crippen molar-refractivity contribution in [3.63, 3.8) is 0 Å². The van der Waals surface area contributed by atoms with Crippen LogP contribution in [0.2, 0.25) is 5.02 Å². The third-order valence-corrected chi connectivity index (χ3v) is 3.41. The molecule has 0 saturated heterocycles. The van der Waals surface area contributed by atoms with Gasteiger partial charge in [0.05, 0.1) is 18.2 Å². The maximum atomic E-state index is 8.69. The average molecular weight is 316 g/mol. The molecule has 2 N–H and O–H groups in total. The van der Waals surface area contributed by atoms with E-state index in [-0.39, 0.29) is 6.61 Å². The van der Waals surface area contributed by atoms with Gasteiger partial charge in [0.25, 0.3) is 0 Å². The standard InChI is InChI=1S/C16H26ClNO3/c1-20-11-8-18-13-14-6-7-16(15(17)12-14)21-10-5-3-2-4-9-19/h6-7,12,18-19H,2-5,8-11,13H2,1H3. The summed E-state index contributed by atoms with van der Waals surface area (Å²) in [7, 11) is 1.69. The molecule has 120 valence electrons. The lowest BCUT2D eigenvalue weighted by Crippen LogP contribution is -2.18. The van der Waals surface area contributed by atoms with Crippen molar-refractivity contribution in [1.82, 2.24) is 5.32 Å². The number of rotatable bonds is 12. The first kappa shape index (κ1) is 18.2. The smallest absolute Gasteiger partial charge is 0.137 e. The molecule has 1 aromatic carbocycles. The fourth-order valence-electron chi connectivity index (χ4n) is 1.93. The van der Waals surface area contributed by atoms with Gasteiger partial charge in [-0.3, -0.25) is 0 Å². The highest BCUT2D eigenvalue weighted by Gasteiger charge is 2.03. The van der Waals surface area contributed by atoms with Crippen LogP contribution in [0.1, 0.15) is 31.2 Å². The van der Waals surface area contributed by atoms with Crippen LogP contribution in [-0.4, -0.2) is 38.6 Å². The van der Waals surface area contributed by atoms with Crippen LogP contribution >= 0.6 is 11.6 Å². The van der Waals surface area contributed by atoms with E-state index in [0.717, 1.165) is 50.1 Å². The molecule has 0 saturated carbocycles. The normalized spacial score (nSPS) is 10.8. The fraction of sp³-hybridized carbons (Fsp3) is 0.625. The van der Waals surface area contributed by atoms with Gasteiger partial charge in [-0.2, -0.15) is 0 Å². The van der Waals surface area contributed by atoms with Gasteiger partial charge >= 0.3 is 0 Å². The molecule has 5 heteroatoms. The quantitative estimate of drug-likeness (QED) is 0.582. The molecule has 0 unspecified atom stereocenters. The Labute approximate surface area is 132 Å². The summed E-state index contributed by atoms with van der Waals surface area (Å²) < 4.78 is 10.7. The van der Waals surface area contributed by atoms with E-state index >= 15 is 0 Å². The van der Waals surface area contributed by atoms with E-state index in [0.29, 0.717) is 18.2 Å². The number of aliphatic hydroxyl groups is 1. The van der Waals surface area contributed by atoms with Gasteiger partial charge in [-0.1, -0.05) is 24.1 Å². The van der Waals surface area contributed by atoms with Crippen molar-refractivity contribution in [3.05, 3.63) is 28.8 Å². The summed E-state index contributed by atoms with van der Waals surface area (Å²) in [4.78, 5) is 0. The van der Waals surface area contributed by atoms with E-state index in [4.69, 9.17) is 26.2 Å². The minimum Gasteiger partial charge on any atom is -0.492 e. The zero-order valence-electron chi connectivity index (χ0n) is 12.7. The van der Waals surface area contributed by atoms with Crippen LogP contribution in [0, 0.1) is 0 Å². The second kappa shape index (κ2) is 11.8. The summed E-state index contributed by atoms with van der Waals surface area (Å²) >= 11 is 6.22. The monoisotopic (exact) mass is 315 g/mol. The highest BCUT2D eigenvalue weighted by molar-refractivity contribution is 6.32. The van der Waals surface area contributed by atoms with E-state index in [1.807, 2.05) is 18.2 Å². The van der Waals surface area contributed by atoms with E-state index in [9.17, 15) is 0 Å². The minimum absolute atomic E-state index is 0.270. The molecule has 0 aromatic heterocycles. The summed E-state index contributed by atoms with van der Waals surface area (Å²) in [6.07, 6.45) is 3.96. The third kappa shape index (κ3) is 8.27. The largest absolute Gasteiger partial charge is 0.492 e. The molecular weight excluding hydrogens is 290 g/mol. The van der Waals surface area contributed by atoms with E-state index in [1.54, 1.807) is 7.11 Å². The third-order valence-electron chi connectivity index (χ3n) is 3.12. The van der Waals surface area contributed by atoms with E-state index in [2.05, 4.69) is 5.32 Å². The van der Waals surface area contributed by atoms with Gasteiger partial charge in [0.1, 0.15) is 5.75 Å². The Hall–Kier alpha value is -0.810. The zero-order valence-corrected chi connectivity index (χ0v) is 13.5. The molecule has 4 nitrogen and oxygen atoms in total. The molecule has 21 heavy (non-hydrogen) atoms. The van der Waals surface area contributed by atoms with Gasteiger partial charge in [-0.05, 0) is 37.0 Å². The van der Waals surface area contributed by atoms with Gasteiger partial charge in [0.15, 0.2) is 0 Å². The molecule has 0 spiro atoms. The number of ether oxygens (including phenoxy) is 2. The van der Waals surface area contributed by atoms with Crippen molar-refractivity contribution in [1.29, 1.82) is 0 Å². The molecule has 0 bridgehead atoms. The van der Waals surface area contributed by atoms with Crippen molar-refractivity contribution < 1.29 is 14.6 Å². The lowest BCUT2D eigenvalue weighted by molar-refractivity contribution is 0.199. The summed E-state index contributed by atoms with van der Waals surface area (Å²) in [6, 6.07) is 5.87. The van der Waals surface area contributed by atoms with Gasteiger partial charge in [-0.25, -0.2) is 0 Å². The Balaban J connectivity index is 2.26. The maximum absolute atomic E-state index is 8.69. The molecule has 0 radical (unpaired) electrons. The van der Waals surface area contributed by atoms with Gasteiger partial charge < -0.3 is 19.9 Å². The number of nitrogens with one attached hydrogen (secondary N) is 1. The Kier molecular flexibility index (Phi) is 10.3. The van der Waals surface area contributed by atoms with Crippen LogP contribution in [0.5, 0.6) is 5.75 Å². The van der Waals surface area contributed by atoms with Gasteiger partial charge in [0, 0.05) is 26.8 Å². The minimum atomic E-state index is 0.270. The molecule has 0 fully saturated rings. The number of methoxy groups -OCH3 is 1. The summed E-state index contributed by atoms with van der Waals surface area (Å²) in [5, 5.41) is 12.6. The highest BCUT2D eigenvalue weighted by atomic mass is 35.5. The van der Waals surface area contributed by atoms with Crippen molar-refractivity contribution in [3.8, 4) is 5.75 Å². The summed E-state index contributed by atoms with van der Waals surface area (Å²) in [6.45, 7) is 3.22. The molecule has 0 aliphatic heterocycles.